The molecule has 2 unspecified atom stereocenters. The number of carbonyl (C=O) groups is 2. The van der Waals surface area contributed by atoms with Crippen molar-refractivity contribution in [2.75, 3.05) is 47.5 Å². The van der Waals surface area contributed by atoms with Crippen molar-refractivity contribution >= 4 is 19.8 Å². The summed E-state index contributed by atoms with van der Waals surface area (Å²) in [6.07, 6.45) is 32.3. The van der Waals surface area contributed by atoms with E-state index in [2.05, 4.69) is 38.2 Å². The Morgan fingerprint density at radius 1 is 0.612 bits per heavy atom. The Balaban J connectivity index is 4.44. The molecule has 0 aromatic carbocycles. The summed E-state index contributed by atoms with van der Waals surface area (Å²) in [5.74, 6) is -0.822. The lowest BCUT2D eigenvalue weighted by Gasteiger charge is -2.24. The third kappa shape index (κ3) is 36.1. The molecule has 10 heteroatoms. The number of rotatable bonds is 35. The summed E-state index contributed by atoms with van der Waals surface area (Å²) in [6.45, 7) is 4.32. The number of unbranched alkanes of at least 4 members (excludes halogenated alkanes) is 17. The molecule has 9 nitrogen and oxygen atoms in total. The van der Waals surface area contributed by atoms with Gasteiger partial charge in [0.05, 0.1) is 27.7 Å². The molecule has 0 radical (unpaired) electrons. The van der Waals surface area contributed by atoms with Crippen LogP contribution in [0.15, 0.2) is 24.3 Å². The lowest BCUT2D eigenvalue weighted by Crippen LogP contribution is -2.37. The lowest BCUT2D eigenvalue weighted by molar-refractivity contribution is -0.870. The van der Waals surface area contributed by atoms with Crippen LogP contribution in [0.3, 0.4) is 0 Å². The van der Waals surface area contributed by atoms with E-state index >= 15 is 0 Å². The van der Waals surface area contributed by atoms with Crippen LogP contribution in [0, 0.1) is 0 Å². The zero-order chi connectivity index (χ0) is 36.5. The van der Waals surface area contributed by atoms with Crippen LogP contribution in [0.5, 0.6) is 0 Å². The number of phosphoric ester groups is 1. The second kappa shape index (κ2) is 32.4. The number of phosphoric acid groups is 1. The van der Waals surface area contributed by atoms with Crippen molar-refractivity contribution in [1.29, 1.82) is 0 Å². The second-order valence-electron chi connectivity index (χ2n) is 14.3. The molecule has 288 valence electrons. The van der Waals surface area contributed by atoms with Crippen LogP contribution >= 0.6 is 7.82 Å². The monoisotopic (exact) mass is 717 g/mol. The molecule has 2 atom stereocenters. The Hall–Kier alpha value is -1.51. The predicted octanol–water partition coefficient (Wildman–Crippen LogP) is 10.4. The molecule has 0 aliphatic rings. The third-order valence-corrected chi connectivity index (χ3v) is 9.17. The molecule has 0 fully saturated rings. The van der Waals surface area contributed by atoms with Crippen molar-refractivity contribution in [3.05, 3.63) is 24.3 Å². The van der Waals surface area contributed by atoms with Crippen LogP contribution in [-0.2, 0) is 32.7 Å². The number of likely N-dealkylation sites (N-methyl/N-ethyl adjacent to an activating group) is 1. The van der Waals surface area contributed by atoms with Gasteiger partial charge in [0.15, 0.2) is 6.10 Å². The SMILES string of the molecule is CCC/C=C\CCCCCCCC(=O)OCC(COP(=O)(O)OCC[N+](C)(C)C)OC(=O)CCCCCCC/C=C\CCCCCCCC. The smallest absolute Gasteiger partial charge is 0.462 e. The van der Waals surface area contributed by atoms with E-state index in [4.69, 9.17) is 18.5 Å². The standard InChI is InChI=1S/C39H74NO8P/c1-6-8-10-12-14-16-18-19-20-21-22-24-26-28-30-32-39(42)48-37(36-47-49(43,44)46-34-33-40(3,4)5)35-45-38(41)31-29-27-25-23-17-15-13-11-9-7-2/h11,13,19-20,37H,6-10,12,14-18,21-36H2,1-5H3/p+1/b13-11-,20-19-. The minimum atomic E-state index is -4.37. The quantitative estimate of drug-likeness (QED) is 0.0227. The first-order valence-electron chi connectivity index (χ1n) is 19.6. The molecule has 0 rings (SSSR count). The van der Waals surface area contributed by atoms with Gasteiger partial charge in [-0.1, -0.05) is 115 Å². The summed E-state index contributed by atoms with van der Waals surface area (Å²) in [4.78, 5) is 35.1. The van der Waals surface area contributed by atoms with Gasteiger partial charge in [0.2, 0.25) is 0 Å². The highest BCUT2D eigenvalue weighted by atomic mass is 31.2. The Bertz CT molecular complexity index is 902. The molecule has 0 aliphatic carbocycles. The van der Waals surface area contributed by atoms with Gasteiger partial charge in [0.25, 0.3) is 0 Å². The first kappa shape index (κ1) is 47.5. The number of nitrogens with zero attached hydrogens (tertiary/aromatic N) is 1. The average molecular weight is 717 g/mol. The average Bonchev–Trinajstić information content (AvgIpc) is 3.04. The maximum absolute atomic E-state index is 12.6. The van der Waals surface area contributed by atoms with Crippen molar-refractivity contribution in [3.63, 3.8) is 0 Å². The summed E-state index contributed by atoms with van der Waals surface area (Å²) in [5, 5.41) is 0. The normalized spacial score (nSPS) is 14.0. The predicted molar refractivity (Wildman–Crippen MR) is 201 cm³/mol. The summed E-state index contributed by atoms with van der Waals surface area (Å²) >= 11 is 0. The van der Waals surface area contributed by atoms with Gasteiger partial charge in [-0.15, -0.1) is 0 Å². The fraction of sp³-hybridized carbons (Fsp3) is 0.846. The number of hydrogen-bond donors (Lipinski definition) is 1. The Kier molecular flexibility index (Phi) is 31.4. The van der Waals surface area contributed by atoms with Crippen LogP contribution in [0.1, 0.15) is 162 Å². The van der Waals surface area contributed by atoms with Gasteiger partial charge >= 0.3 is 19.8 Å². The van der Waals surface area contributed by atoms with E-state index in [0.717, 1.165) is 77.0 Å². The van der Waals surface area contributed by atoms with Crippen LogP contribution in [0.4, 0.5) is 0 Å². The topological polar surface area (TPSA) is 108 Å². The molecule has 0 aromatic heterocycles. The van der Waals surface area contributed by atoms with E-state index in [1.165, 1.54) is 51.4 Å². The first-order chi connectivity index (χ1) is 23.5. The summed E-state index contributed by atoms with van der Waals surface area (Å²) in [6, 6.07) is 0. The molecule has 0 saturated carbocycles. The summed E-state index contributed by atoms with van der Waals surface area (Å²) < 4.78 is 34.1. The Morgan fingerprint density at radius 3 is 1.59 bits per heavy atom. The second-order valence-corrected chi connectivity index (χ2v) is 15.8. The number of hydrogen-bond acceptors (Lipinski definition) is 7. The van der Waals surface area contributed by atoms with E-state index in [0.29, 0.717) is 17.4 Å². The van der Waals surface area contributed by atoms with Crippen LogP contribution in [0.2, 0.25) is 0 Å². The van der Waals surface area contributed by atoms with Crippen molar-refractivity contribution in [3.8, 4) is 0 Å². The lowest BCUT2D eigenvalue weighted by atomic mass is 10.1. The van der Waals surface area contributed by atoms with Gasteiger partial charge < -0.3 is 18.9 Å². The highest BCUT2D eigenvalue weighted by molar-refractivity contribution is 7.47. The van der Waals surface area contributed by atoms with Crippen molar-refractivity contribution in [2.24, 2.45) is 0 Å². The zero-order valence-electron chi connectivity index (χ0n) is 32.2. The molecule has 0 aromatic rings. The van der Waals surface area contributed by atoms with Gasteiger partial charge in [0.1, 0.15) is 19.8 Å². The summed E-state index contributed by atoms with van der Waals surface area (Å²) in [5.41, 5.74) is 0. The maximum Gasteiger partial charge on any atom is 0.472 e. The summed E-state index contributed by atoms with van der Waals surface area (Å²) in [7, 11) is 1.46. The zero-order valence-corrected chi connectivity index (χ0v) is 33.1. The highest BCUT2D eigenvalue weighted by Crippen LogP contribution is 2.43. The van der Waals surface area contributed by atoms with E-state index < -0.39 is 26.5 Å². The van der Waals surface area contributed by atoms with Gasteiger partial charge in [-0.25, -0.2) is 4.57 Å². The first-order valence-corrected chi connectivity index (χ1v) is 21.1. The van der Waals surface area contributed by atoms with E-state index in [9.17, 15) is 19.0 Å². The molecule has 0 bridgehead atoms. The molecule has 0 amide bonds. The van der Waals surface area contributed by atoms with E-state index in [-0.39, 0.29) is 32.0 Å². The molecule has 0 heterocycles. The molecule has 0 saturated heterocycles. The minimum Gasteiger partial charge on any atom is -0.462 e. The molecule has 0 spiro atoms. The fourth-order valence-electron chi connectivity index (χ4n) is 5.07. The van der Waals surface area contributed by atoms with Gasteiger partial charge in [-0.05, 0) is 57.8 Å². The Morgan fingerprint density at radius 2 is 1.08 bits per heavy atom. The third-order valence-electron chi connectivity index (χ3n) is 8.18. The number of allylic oxidation sites excluding steroid dienone is 4. The van der Waals surface area contributed by atoms with E-state index in [1.807, 2.05) is 21.1 Å². The van der Waals surface area contributed by atoms with E-state index in [1.54, 1.807) is 0 Å². The van der Waals surface area contributed by atoms with Gasteiger partial charge in [-0.3, -0.25) is 18.6 Å². The Labute approximate surface area is 300 Å². The van der Waals surface area contributed by atoms with Crippen molar-refractivity contribution in [2.45, 2.75) is 168 Å². The fourth-order valence-corrected chi connectivity index (χ4v) is 5.81. The number of esters is 2. The maximum atomic E-state index is 12.6. The van der Waals surface area contributed by atoms with Crippen molar-refractivity contribution in [1.82, 2.24) is 0 Å². The molecule has 0 aliphatic heterocycles. The molecular weight excluding hydrogens is 641 g/mol. The largest absolute Gasteiger partial charge is 0.472 e. The van der Waals surface area contributed by atoms with Crippen LogP contribution < -0.4 is 0 Å². The minimum absolute atomic E-state index is 0.0295. The van der Waals surface area contributed by atoms with Gasteiger partial charge in [0, 0.05) is 12.8 Å². The molecule has 1 N–H and O–H groups in total. The highest BCUT2D eigenvalue weighted by Gasteiger charge is 2.27. The molecular formula is C39H75NO8P+. The number of carbonyl (C=O) groups excluding carboxylic acids is 2. The van der Waals surface area contributed by atoms with Crippen molar-refractivity contribution < 1.29 is 42.1 Å². The van der Waals surface area contributed by atoms with Crippen LogP contribution in [-0.4, -0.2) is 74.9 Å². The number of ether oxygens (including phenoxy) is 2. The molecule has 49 heavy (non-hydrogen) atoms. The number of quaternary nitrogens is 1. The van der Waals surface area contributed by atoms with Crippen LogP contribution in [0.25, 0.3) is 0 Å². The van der Waals surface area contributed by atoms with Gasteiger partial charge in [-0.2, -0.15) is 0 Å².